The van der Waals surface area contributed by atoms with Gasteiger partial charge in [-0.1, -0.05) is 18.7 Å². The standard InChI is InChI=1S/C26H24N6O3/c1-2-22(33)30-19-7-4-3-6-17(19)25(35)32-21-12-16(8-11-28-21)20-13-18-23(31-20)26(15-29-24(18)34)9-5-10-27-14-26/h2-4,6-8,11-13,15,27,31H,1,5,9-10,14H2,(H,30,33)(H,28,32,35). The van der Waals surface area contributed by atoms with Crippen LogP contribution in [-0.2, 0) is 10.2 Å². The van der Waals surface area contributed by atoms with Gasteiger partial charge in [-0.05, 0) is 55.8 Å². The first-order valence-electron chi connectivity index (χ1n) is 11.3. The number of piperidine rings is 1. The fourth-order valence-electron chi connectivity index (χ4n) is 4.56. The molecule has 9 heteroatoms. The van der Waals surface area contributed by atoms with E-state index in [-0.39, 0.29) is 11.3 Å². The molecule has 1 fully saturated rings. The second-order valence-electron chi connectivity index (χ2n) is 8.59. The summed E-state index contributed by atoms with van der Waals surface area (Å²) in [7, 11) is 0. The number of aromatic nitrogens is 2. The van der Waals surface area contributed by atoms with E-state index < -0.39 is 11.8 Å². The van der Waals surface area contributed by atoms with E-state index in [1.165, 1.54) is 0 Å². The van der Waals surface area contributed by atoms with E-state index in [0.29, 0.717) is 22.6 Å². The van der Waals surface area contributed by atoms with Crippen LogP contribution in [0.1, 0.15) is 39.3 Å². The molecule has 4 heterocycles. The molecule has 0 saturated carbocycles. The maximum Gasteiger partial charge on any atom is 0.278 e. The Morgan fingerprint density at radius 3 is 2.80 bits per heavy atom. The number of nitrogens with zero attached hydrogens (tertiary/aromatic N) is 2. The summed E-state index contributed by atoms with van der Waals surface area (Å²) in [6.07, 6.45) is 6.40. The van der Waals surface area contributed by atoms with Gasteiger partial charge in [0.2, 0.25) is 5.91 Å². The van der Waals surface area contributed by atoms with E-state index >= 15 is 0 Å². The highest BCUT2D eigenvalue weighted by Gasteiger charge is 2.40. The molecule has 1 spiro atoms. The molecular weight excluding hydrogens is 444 g/mol. The van der Waals surface area contributed by atoms with Crippen molar-refractivity contribution < 1.29 is 14.4 Å². The third kappa shape index (κ3) is 4.29. The number of carbonyl (C=O) groups excluding carboxylic acids is 3. The van der Waals surface area contributed by atoms with Crippen LogP contribution in [0.5, 0.6) is 0 Å². The van der Waals surface area contributed by atoms with E-state index in [2.05, 4.69) is 37.5 Å². The average Bonchev–Trinajstić information content (AvgIpc) is 3.35. The number of amides is 3. The topological polar surface area (TPSA) is 128 Å². The monoisotopic (exact) mass is 468 g/mol. The van der Waals surface area contributed by atoms with Gasteiger partial charge in [-0.25, -0.2) is 9.98 Å². The lowest BCUT2D eigenvalue weighted by Gasteiger charge is -2.35. The summed E-state index contributed by atoms with van der Waals surface area (Å²) in [5.74, 6) is -0.761. The minimum atomic E-state index is -0.420. The highest BCUT2D eigenvalue weighted by atomic mass is 16.2. The number of nitrogens with one attached hydrogen (secondary N) is 4. The zero-order valence-corrected chi connectivity index (χ0v) is 18.9. The number of rotatable bonds is 5. The second kappa shape index (κ2) is 9.11. The fraction of sp³-hybridized carbons (Fsp3) is 0.192. The van der Waals surface area contributed by atoms with E-state index in [1.807, 2.05) is 12.1 Å². The molecule has 0 radical (unpaired) electrons. The molecule has 3 aromatic rings. The zero-order valence-electron chi connectivity index (χ0n) is 18.9. The number of benzene rings is 1. The largest absolute Gasteiger partial charge is 0.357 e. The fourth-order valence-corrected chi connectivity index (χ4v) is 4.56. The molecule has 35 heavy (non-hydrogen) atoms. The summed E-state index contributed by atoms with van der Waals surface area (Å²) in [4.78, 5) is 49.0. The van der Waals surface area contributed by atoms with Crippen LogP contribution >= 0.6 is 0 Å². The van der Waals surface area contributed by atoms with Crippen LogP contribution in [0.15, 0.2) is 66.3 Å². The van der Waals surface area contributed by atoms with E-state index in [4.69, 9.17) is 0 Å². The number of aromatic amines is 1. The van der Waals surface area contributed by atoms with E-state index in [0.717, 1.165) is 49.0 Å². The summed E-state index contributed by atoms with van der Waals surface area (Å²) in [6.45, 7) is 5.10. The molecule has 0 bridgehead atoms. The minimum absolute atomic E-state index is 0.264. The van der Waals surface area contributed by atoms with Crippen LogP contribution in [0.4, 0.5) is 11.5 Å². The van der Waals surface area contributed by atoms with E-state index in [9.17, 15) is 14.4 Å². The Balaban J connectivity index is 1.42. The van der Waals surface area contributed by atoms with Gasteiger partial charge in [-0.3, -0.25) is 14.4 Å². The number of H-pyrrole nitrogens is 1. The number of carbonyl (C=O) groups is 3. The molecule has 1 aromatic carbocycles. The summed E-state index contributed by atoms with van der Waals surface area (Å²) in [5.41, 5.74) is 3.28. The van der Waals surface area contributed by atoms with Crippen LogP contribution in [0.3, 0.4) is 0 Å². The second-order valence-corrected chi connectivity index (χ2v) is 8.59. The van der Waals surface area contributed by atoms with Crippen molar-refractivity contribution in [1.29, 1.82) is 0 Å². The van der Waals surface area contributed by atoms with Crippen LogP contribution in [-0.4, -0.2) is 47.0 Å². The van der Waals surface area contributed by atoms with Gasteiger partial charge in [0.25, 0.3) is 11.8 Å². The van der Waals surface area contributed by atoms with Crippen LogP contribution in [0, 0.1) is 0 Å². The van der Waals surface area contributed by atoms with Crippen molar-refractivity contribution in [3.8, 4) is 11.3 Å². The molecule has 9 nitrogen and oxygen atoms in total. The van der Waals surface area contributed by atoms with Gasteiger partial charge < -0.3 is 20.9 Å². The van der Waals surface area contributed by atoms with Gasteiger partial charge in [0.1, 0.15) is 5.82 Å². The maximum absolute atomic E-state index is 13.0. The Kier molecular flexibility index (Phi) is 5.84. The summed E-state index contributed by atoms with van der Waals surface area (Å²) >= 11 is 0. The summed E-state index contributed by atoms with van der Waals surface area (Å²) < 4.78 is 0. The first-order chi connectivity index (χ1) is 17.0. The molecule has 5 rings (SSSR count). The third-order valence-corrected chi connectivity index (χ3v) is 6.32. The van der Waals surface area contributed by atoms with Gasteiger partial charge >= 0.3 is 0 Å². The SMILES string of the molecule is C=CC(=O)Nc1ccccc1C(=O)Nc1cc(-c2cc3c([nH]2)C2(C=NC3=O)CCCNC2)ccn1. The molecule has 4 N–H and O–H groups in total. The molecule has 176 valence electrons. The van der Waals surface area contributed by atoms with Crippen molar-refractivity contribution in [1.82, 2.24) is 15.3 Å². The van der Waals surface area contributed by atoms with Crippen molar-refractivity contribution in [2.75, 3.05) is 23.7 Å². The first-order valence-corrected chi connectivity index (χ1v) is 11.3. The number of para-hydroxylation sites is 1. The Bertz CT molecular complexity index is 1370. The number of hydrogen-bond donors (Lipinski definition) is 4. The lowest BCUT2D eigenvalue weighted by Crippen LogP contribution is -2.47. The van der Waals surface area contributed by atoms with Gasteiger partial charge in [-0.15, -0.1) is 0 Å². The lowest BCUT2D eigenvalue weighted by atomic mass is 9.76. The van der Waals surface area contributed by atoms with Gasteiger partial charge in [-0.2, -0.15) is 0 Å². The molecule has 0 aliphatic carbocycles. The minimum Gasteiger partial charge on any atom is -0.357 e. The third-order valence-electron chi connectivity index (χ3n) is 6.32. The molecule has 3 amide bonds. The Labute approximate surface area is 201 Å². The molecule has 1 saturated heterocycles. The normalized spacial score (nSPS) is 18.7. The number of pyridine rings is 1. The number of anilines is 2. The van der Waals surface area contributed by atoms with Crippen LogP contribution in [0.25, 0.3) is 11.3 Å². The van der Waals surface area contributed by atoms with Crippen molar-refractivity contribution in [2.24, 2.45) is 4.99 Å². The molecule has 1 atom stereocenters. The molecule has 2 aliphatic heterocycles. The average molecular weight is 469 g/mol. The highest BCUT2D eigenvalue weighted by Crippen LogP contribution is 2.37. The van der Waals surface area contributed by atoms with Crippen LogP contribution in [0.2, 0.25) is 0 Å². The Morgan fingerprint density at radius 2 is 2.00 bits per heavy atom. The van der Waals surface area contributed by atoms with E-state index in [1.54, 1.807) is 42.7 Å². The maximum atomic E-state index is 13.0. The Hall–Kier alpha value is -4.37. The number of aliphatic imine (C=N–C) groups is 1. The van der Waals surface area contributed by atoms with Gasteiger partial charge in [0, 0.05) is 35.9 Å². The Morgan fingerprint density at radius 1 is 1.14 bits per heavy atom. The van der Waals surface area contributed by atoms with Crippen molar-refractivity contribution in [2.45, 2.75) is 18.3 Å². The first kappa shape index (κ1) is 22.4. The smallest absolute Gasteiger partial charge is 0.278 e. The number of fused-ring (bicyclic) bond motifs is 2. The summed E-state index contributed by atoms with van der Waals surface area (Å²) in [5, 5.41) is 8.82. The number of hydrogen-bond acceptors (Lipinski definition) is 5. The van der Waals surface area contributed by atoms with Gasteiger partial charge in [0.15, 0.2) is 0 Å². The predicted octanol–water partition coefficient (Wildman–Crippen LogP) is 3.30. The molecule has 2 aromatic heterocycles. The van der Waals surface area contributed by atoms with Crippen molar-refractivity contribution >= 4 is 35.4 Å². The van der Waals surface area contributed by atoms with Gasteiger partial charge in [0.05, 0.1) is 22.2 Å². The van der Waals surface area contributed by atoms with Crippen LogP contribution < -0.4 is 16.0 Å². The molecule has 1 unspecified atom stereocenters. The molecule has 2 aliphatic rings. The zero-order chi connectivity index (χ0) is 24.4. The highest BCUT2D eigenvalue weighted by molar-refractivity contribution is 6.11. The summed E-state index contributed by atoms with van der Waals surface area (Å²) in [6, 6.07) is 12.0. The van der Waals surface area contributed by atoms with Crippen molar-refractivity contribution in [3.05, 3.63) is 78.1 Å². The predicted molar refractivity (Wildman–Crippen MR) is 134 cm³/mol. The lowest BCUT2D eigenvalue weighted by molar-refractivity contribution is -0.111. The quantitative estimate of drug-likeness (QED) is 0.427. The van der Waals surface area contributed by atoms with Crippen molar-refractivity contribution in [3.63, 3.8) is 0 Å². The molecular formula is C26H24N6O3.